The zero-order valence-corrected chi connectivity index (χ0v) is 23.8. The largest absolute Gasteiger partial charge is 0.493 e. The third-order valence-electron chi connectivity index (χ3n) is 6.02. The van der Waals surface area contributed by atoms with Crippen LogP contribution in [0.3, 0.4) is 0 Å². The van der Waals surface area contributed by atoms with E-state index < -0.39 is 10.0 Å². The van der Waals surface area contributed by atoms with Crippen LogP contribution in [0.1, 0.15) is 32.8 Å². The number of hydrogen-bond donors (Lipinski definition) is 0. The number of carbonyl (C=O) groups is 1. The number of methoxy groups -OCH3 is 3. The molecule has 0 aromatic heterocycles. The number of amides is 1. The maximum Gasteiger partial charge on any atom is 0.243 e. The molecule has 2 aromatic rings. The van der Waals surface area contributed by atoms with Gasteiger partial charge in [0.1, 0.15) is 0 Å². The molecule has 1 heterocycles. The standard InChI is InChI=1S/C26H35N3O6S2/c1-7-28(8-2)37(31,32)21-11-9-10-20(16-21)27-26-29(17-18(3)36-26)24(30)13-12-19-14-22(33-4)25(35-6)23(15-19)34-5/h9-11,14-16,18H,7-8,12-13,17H2,1-6H3/t18-/m1/s1. The molecule has 9 nitrogen and oxygen atoms in total. The number of hydrogen-bond acceptors (Lipinski definition) is 8. The van der Waals surface area contributed by atoms with Crippen molar-refractivity contribution < 1.29 is 27.4 Å². The fraction of sp³-hybridized carbons (Fsp3) is 0.462. The van der Waals surface area contributed by atoms with Crippen LogP contribution in [0.2, 0.25) is 0 Å². The number of aryl methyl sites for hydroxylation is 1. The minimum absolute atomic E-state index is 0.0590. The van der Waals surface area contributed by atoms with Crippen molar-refractivity contribution in [2.24, 2.45) is 4.99 Å². The van der Waals surface area contributed by atoms with Gasteiger partial charge in [0.2, 0.25) is 21.7 Å². The van der Waals surface area contributed by atoms with Crippen molar-refractivity contribution in [3.8, 4) is 17.2 Å². The summed E-state index contributed by atoms with van der Waals surface area (Å²) in [6.07, 6.45) is 0.747. The number of nitrogens with zero attached hydrogens (tertiary/aromatic N) is 3. The number of ether oxygens (including phenoxy) is 3. The first-order valence-electron chi connectivity index (χ1n) is 12.1. The van der Waals surface area contributed by atoms with Crippen LogP contribution in [0.15, 0.2) is 46.3 Å². The number of rotatable bonds is 11. The van der Waals surface area contributed by atoms with E-state index in [0.29, 0.717) is 54.2 Å². The summed E-state index contributed by atoms with van der Waals surface area (Å²) in [5, 5.41) is 0.742. The highest BCUT2D eigenvalue weighted by Crippen LogP contribution is 2.38. The number of thioether (sulfide) groups is 1. The van der Waals surface area contributed by atoms with Crippen molar-refractivity contribution in [3.63, 3.8) is 0 Å². The molecule has 1 fully saturated rings. The molecular weight excluding hydrogens is 514 g/mol. The molecule has 37 heavy (non-hydrogen) atoms. The van der Waals surface area contributed by atoms with Crippen molar-refractivity contribution in [1.29, 1.82) is 0 Å². The molecule has 0 N–H and O–H groups in total. The molecule has 0 spiro atoms. The molecule has 1 aliphatic heterocycles. The van der Waals surface area contributed by atoms with E-state index in [1.54, 1.807) is 50.5 Å². The summed E-state index contributed by atoms with van der Waals surface area (Å²) in [7, 11) is 1.05. The minimum Gasteiger partial charge on any atom is -0.493 e. The second-order valence-electron chi connectivity index (χ2n) is 8.45. The Morgan fingerprint density at radius 3 is 2.30 bits per heavy atom. The van der Waals surface area contributed by atoms with Crippen LogP contribution < -0.4 is 14.2 Å². The fourth-order valence-electron chi connectivity index (χ4n) is 4.11. The van der Waals surface area contributed by atoms with Gasteiger partial charge < -0.3 is 14.2 Å². The zero-order chi connectivity index (χ0) is 27.2. The van der Waals surface area contributed by atoms with Crippen LogP contribution in [0, 0.1) is 0 Å². The van der Waals surface area contributed by atoms with Gasteiger partial charge in [0, 0.05) is 31.3 Å². The molecule has 0 saturated carbocycles. The molecule has 0 radical (unpaired) electrons. The molecule has 202 valence electrons. The molecule has 2 aromatic carbocycles. The van der Waals surface area contributed by atoms with Crippen molar-refractivity contribution >= 4 is 38.5 Å². The number of amidine groups is 1. The molecular formula is C26H35N3O6S2. The van der Waals surface area contributed by atoms with Crippen molar-refractivity contribution in [2.45, 2.75) is 43.8 Å². The van der Waals surface area contributed by atoms with Crippen molar-refractivity contribution in [1.82, 2.24) is 9.21 Å². The molecule has 11 heteroatoms. The SMILES string of the molecule is CCN(CC)S(=O)(=O)c1cccc(N=C2S[C@H](C)CN2C(=O)CCc2cc(OC)c(OC)c(OC)c2)c1. The monoisotopic (exact) mass is 549 g/mol. The third-order valence-corrected chi connectivity index (χ3v) is 9.14. The number of sulfonamides is 1. The Labute approximate surface area is 223 Å². The quantitative estimate of drug-likeness (QED) is 0.412. The predicted octanol–water partition coefficient (Wildman–Crippen LogP) is 4.33. The Bertz CT molecular complexity index is 1220. The number of benzene rings is 2. The van der Waals surface area contributed by atoms with Crippen LogP contribution in [-0.2, 0) is 21.2 Å². The molecule has 0 aliphatic carbocycles. The van der Waals surface area contributed by atoms with Gasteiger partial charge in [-0.05, 0) is 42.3 Å². The Morgan fingerprint density at radius 2 is 1.73 bits per heavy atom. The summed E-state index contributed by atoms with van der Waals surface area (Å²) >= 11 is 1.50. The van der Waals surface area contributed by atoms with E-state index in [4.69, 9.17) is 14.2 Å². The van der Waals surface area contributed by atoms with Crippen LogP contribution in [-0.4, -0.2) is 74.9 Å². The smallest absolute Gasteiger partial charge is 0.243 e. The van der Waals surface area contributed by atoms with Gasteiger partial charge >= 0.3 is 0 Å². The first-order valence-corrected chi connectivity index (χ1v) is 14.4. The van der Waals surface area contributed by atoms with E-state index in [1.165, 1.54) is 16.1 Å². The van der Waals surface area contributed by atoms with E-state index >= 15 is 0 Å². The zero-order valence-electron chi connectivity index (χ0n) is 22.2. The van der Waals surface area contributed by atoms with Crippen LogP contribution >= 0.6 is 11.8 Å². The summed E-state index contributed by atoms with van der Waals surface area (Å²) in [5.74, 6) is 1.52. The number of aliphatic imine (C=N–C) groups is 1. The maximum absolute atomic E-state index is 13.2. The maximum atomic E-state index is 13.2. The minimum atomic E-state index is -3.61. The average Bonchev–Trinajstić information content (AvgIpc) is 3.26. The van der Waals surface area contributed by atoms with Crippen molar-refractivity contribution in [2.75, 3.05) is 41.0 Å². The average molecular weight is 550 g/mol. The Balaban J connectivity index is 1.81. The highest BCUT2D eigenvalue weighted by Gasteiger charge is 2.31. The Hall–Kier alpha value is -2.76. The van der Waals surface area contributed by atoms with Gasteiger partial charge in [0.15, 0.2) is 16.7 Å². The van der Waals surface area contributed by atoms with E-state index in [2.05, 4.69) is 4.99 Å². The van der Waals surface area contributed by atoms with Gasteiger partial charge in [0.05, 0.1) is 31.9 Å². The molecule has 1 saturated heterocycles. The van der Waals surface area contributed by atoms with Crippen LogP contribution in [0.5, 0.6) is 17.2 Å². The highest BCUT2D eigenvalue weighted by atomic mass is 32.2. The molecule has 1 amide bonds. The second-order valence-corrected chi connectivity index (χ2v) is 11.8. The van der Waals surface area contributed by atoms with Gasteiger partial charge in [0.25, 0.3) is 0 Å². The van der Waals surface area contributed by atoms with Gasteiger partial charge in [-0.25, -0.2) is 13.4 Å². The van der Waals surface area contributed by atoms with Gasteiger partial charge in [-0.15, -0.1) is 0 Å². The molecule has 1 atom stereocenters. The lowest BCUT2D eigenvalue weighted by Crippen LogP contribution is -2.32. The first kappa shape index (κ1) is 28.8. The van der Waals surface area contributed by atoms with Gasteiger partial charge in [-0.2, -0.15) is 4.31 Å². The Kier molecular flexibility index (Phi) is 9.86. The van der Waals surface area contributed by atoms with Crippen molar-refractivity contribution in [3.05, 3.63) is 42.0 Å². The topological polar surface area (TPSA) is 97.7 Å². The molecule has 0 unspecified atom stereocenters. The van der Waals surface area contributed by atoms with E-state index in [9.17, 15) is 13.2 Å². The van der Waals surface area contributed by atoms with E-state index in [0.717, 1.165) is 5.56 Å². The fourth-order valence-corrected chi connectivity index (χ4v) is 6.66. The summed E-state index contributed by atoms with van der Waals surface area (Å²) < 4.78 is 43.5. The molecule has 1 aliphatic rings. The number of carbonyl (C=O) groups excluding carboxylic acids is 1. The van der Waals surface area contributed by atoms with Crippen LogP contribution in [0.4, 0.5) is 5.69 Å². The summed E-state index contributed by atoms with van der Waals surface area (Å²) in [4.78, 5) is 19.8. The van der Waals surface area contributed by atoms with Crippen LogP contribution in [0.25, 0.3) is 0 Å². The van der Waals surface area contributed by atoms with Gasteiger partial charge in [-0.1, -0.05) is 38.6 Å². The van der Waals surface area contributed by atoms with E-state index in [1.807, 2.05) is 32.9 Å². The molecule has 3 rings (SSSR count). The normalized spacial score (nSPS) is 16.9. The summed E-state index contributed by atoms with van der Waals surface area (Å²) in [6.45, 7) is 6.97. The summed E-state index contributed by atoms with van der Waals surface area (Å²) in [5.41, 5.74) is 1.38. The lowest BCUT2D eigenvalue weighted by molar-refractivity contribution is -0.127. The third kappa shape index (κ3) is 6.58. The summed E-state index contributed by atoms with van der Waals surface area (Å²) in [6, 6.07) is 10.2. The molecule has 0 bridgehead atoms. The predicted molar refractivity (Wildman–Crippen MR) is 147 cm³/mol. The van der Waals surface area contributed by atoms with Gasteiger partial charge in [-0.3, -0.25) is 9.69 Å². The second kappa shape index (κ2) is 12.7. The Morgan fingerprint density at radius 1 is 1.08 bits per heavy atom. The first-order chi connectivity index (χ1) is 17.7. The lowest BCUT2D eigenvalue weighted by Gasteiger charge is -2.19. The highest BCUT2D eigenvalue weighted by molar-refractivity contribution is 8.14. The van der Waals surface area contributed by atoms with E-state index in [-0.39, 0.29) is 22.5 Å². The lowest BCUT2D eigenvalue weighted by atomic mass is 10.1.